The summed E-state index contributed by atoms with van der Waals surface area (Å²) in [5.41, 5.74) is -0.663. The van der Waals surface area contributed by atoms with Gasteiger partial charge in [0.15, 0.2) is 5.78 Å². The van der Waals surface area contributed by atoms with Gasteiger partial charge in [0.25, 0.3) is 0 Å². The molecule has 1 unspecified atom stereocenters. The van der Waals surface area contributed by atoms with Gasteiger partial charge in [-0.1, -0.05) is 23.7 Å². The van der Waals surface area contributed by atoms with Crippen LogP contribution in [0.3, 0.4) is 0 Å². The van der Waals surface area contributed by atoms with Gasteiger partial charge in [-0.25, -0.2) is 0 Å². The number of ketones is 2. The van der Waals surface area contributed by atoms with Crippen LogP contribution in [0.15, 0.2) is 42.5 Å². The highest BCUT2D eigenvalue weighted by atomic mass is 35.5. The Balaban J connectivity index is 2.07. The SMILES string of the molecule is COC(=O)C(C)C(=O)CCC(=O)c1cccc(Oc2ccc(C(F)(F)F)cc2Cl)c1. The minimum Gasteiger partial charge on any atom is -0.468 e. The summed E-state index contributed by atoms with van der Waals surface area (Å²) < 4.78 is 48.2. The predicted octanol–water partition coefficient (Wildman–Crippen LogP) is 5.49. The van der Waals surface area contributed by atoms with E-state index < -0.39 is 29.4 Å². The van der Waals surface area contributed by atoms with Gasteiger partial charge in [-0.2, -0.15) is 13.2 Å². The highest BCUT2D eigenvalue weighted by molar-refractivity contribution is 6.32. The third-order valence-corrected chi connectivity index (χ3v) is 4.57. The van der Waals surface area contributed by atoms with Crippen LogP contribution in [-0.2, 0) is 20.5 Å². The van der Waals surface area contributed by atoms with Crippen molar-refractivity contribution in [1.29, 1.82) is 0 Å². The lowest BCUT2D eigenvalue weighted by Gasteiger charge is -2.12. The van der Waals surface area contributed by atoms with E-state index in [1.54, 1.807) is 0 Å². The summed E-state index contributed by atoms with van der Waals surface area (Å²) in [5.74, 6) is -2.22. The first-order valence-corrected chi connectivity index (χ1v) is 9.19. The molecule has 0 spiro atoms. The lowest BCUT2D eigenvalue weighted by molar-refractivity contribution is -0.148. The Kier molecular flexibility index (Phi) is 7.61. The van der Waals surface area contributed by atoms with E-state index in [1.807, 2.05) is 0 Å². The monoisotopic (exact) mass is 442 g/mol. The molecule has 0 heterocycles. The molecule has 0 N–H and O–H groups in total. The van der Waals surface area contributed by atoms with Crippen molar-refractivity contribution in [1.82, 2.24) is 0 Å². The molecular weight excluding hydrogens is 425 g/mol. The van der Waals surface area contributed by atoms with Crippen LogP contribution in [0, 0.1) is 5.92 Å². The standard InChI is InChI=1S/C21H18ClF3O5/c1-12(20(28)29-2)17(26)7-8-18(27)13-4-3-5-15(10-13)30-19-9-6-14(11-16(19)22)21(23,24)25/h3-6,9-12H,7-8H2,1-2H3. The first kappa shape index (κ1) is 23.4. The fourth-order valence-electron chi connectivity index (χ4n) is 2.53. The van der Waals surface area contributed by atoms with Gasteiger partial charge in [-0.3, -0.25) is 14.4 Å². The van der Waals surface area contributed by atoms with Crippen LogP contribution in [0.4, 0.5) is 13.2 Å². The molecule has 9 heteroatoms. The Morgan fingerprint density at radius 3 is 2.37 bits per heavy atom. The summed E-state index contributed by atoms with van der Waals surface area (Å²) in [5, 5.41) is -0.232. The molecule has 0 saturated heterocycles. The molecule has 0 aliphatic rings. The summed E-state index contributed by atoms with van der Waals surface area (Å²) in [6.07, 6.45) is -4.78. The summed E-state index contributed by atoms with van der Waals surface area (Å²) in [6, 6.07) is 8.62. The molecule has 0 fully saturated rings. The Labute approximate surface area is 175 Å². The van der Waals surface area contributed by atoms with Gasteiger partial charge in [0.1, 0.15) is 23.2 Å². The number of halogens is 4. The lowest BCUT2D eigenvalue weighted by Crippen LogP contribution is -2.22. The number of carbonyl (C=O) groups excluding carboxylic acids is 3. The minimum absolute atomic E-state index is 0.00338. The number of hydrogen-bond donors (Lipinski definition) is 0. The molecular formula is C21H18ClF3O5. The predicted molar refractivity (Wildman–Crippen MR) is 103 cm³/mol. The van der Waals surface area contributed by atoms with E-state index in [-0.39, 0.29) is 40.7 Å². The summed E-state index contributed by atoms with van der Waals surface area (Å²) in [4.78, 5) is 35.7. The Bertz CT molecular complexity index is 956. The maximum absolute atomic E-state index is 12.7. The van der Waals surface area contributed by atoms with Crippen LogP contribution in [0.1, 0.15) is 35.7 Å². The van der Waals surface area contributed by atoms with E-state index in [1.165, 1.54) is 38.3 Å². The van der Waals surface area contributed by atoms with Crippen LogP contribution in [0.5, 0.6) is 11.5 Å². The van der Waals surface area contributed by atoms with Gasteiger partial charge >= 0.3 is 12.1 Å². The van der Waals surface area contributed by atoms with Gasteiger partial charge in [-0.05, 0) is 37.3 Å². The molecule has 0 radical (unpaired) electrons. The largest absolute Gasteiger partial charge is 0.468 e. The number of hydrogen-bond acceptors (Lipinski definition) is 5. The van der Waals surface area contributed by atoms with Gasteiger partial charge in [0.05, 0.1) is 17.7 Å². The Morgan fingerprint density at radius 2 is 1.77 bits per heavy atom. The summed E-state index contributed by atoms with van der Waals surface area (Å²) >= 11 is 5.87. The van der Waals surface area contributed by atoms with Crippen molar-refractivity contribution < 1.29 is 37.0 Å². The number of rotatable bonds is 8. The molecule has 2 aromatic carbocycles. The Morgan fingerprint density at radius 1 is 1.07 bits per heavy atom. The molecule has 2 rings (SSSR count). The highest BCUT2D eigenvalue weighted by Gasteiger charge is 2.31. The van der Waals surface area contributed by atoms with Gasteiger partial charge in [0, 0.05) is 18.4 Å². The molecule has 30 heavy (non-hydrogen) atoms. The summed E-state index contributed by atoms with van der Waals surface area (Å²) in [7, 11) is 1.17. The van der Waals surface area contributed by atoms with Crippen LogP contribution >= 0.6 is 11.6 Å². The van der Waals surface area contributed by atoms with Crippen LogP contribution in [0.25, 0.3) is 0 Å². The van der Waals surface area contributed by atoms with Crippen LogP contribution < -0.4 is 4.74 Å². The van der Waals surface area contributed by atoms with E-state index in [0.717, 1.165) is 18.2 Å². The van der Waals surface area contributed by atoms with Crippen molar-refractivity contribution in [3.63, 3.8) is 0 Å². The molecule has 2 aromatic rings. The molecule has 0 aliphatic carbocycles. The third-order valence-electron chi connectivity index (χ3n) is 4.28. The van der Waals surface area contributed by atoms with Gasteiger partial charge in [-0.15, -0.1) is 0 Å². The van der Waals surface area contributed by atoms with E-state index in [0.29, 0.717) is 0 Å². The molecule has 5 nitrogen and oxygen atoms in total. The van der Waals surface area contributed by atoms with E-state index in [9.17, 15) is 27.6 Å². The van der Waals surface area contributed by atoms with Crippen molar-refractivity contribution in [3.05, 3.63) is 58.6 Å². The molecule has 1 atom stereocenters. The lowest BCUT2D eigenvalue weighted by atomic mass is 9.99. The van der Waals surface area contributed by atoms with Crippen molar-refractivity contribution in [2.45, 2.75) is 25.9 Å². The Hall–Kier alpha value is -2.87. The van der Waals surface area contributed by atoms with Crippen molar-refractivity contribution in [3.8, 4) is 11.5 Å². The van der Waals surface area contributed by atoms with E-state index in [4.69, 9.17) is 16.3 Å². The van der Waals surface area contributed by atoms with Gasteiger partial charge < -0.3 is 9.47 Å². The van der Waals surface area contributed by atoms with Crippen molar-refractivity contribution >= 4 is 29.1 Å². The second kappa shape index (κ2) is 9.75. The normalized spacial score (nSPS) is 12.2. The first-order chi connectivity index (χ1) is 14.0. The van der Waals surface area contributed by atoms with Gasteiger partial charge in [0.2, 0.25) is 0 Å². The number of alkyl halides is 3. The third kappa shape index (κ3) is 6.06. The average molecular weight is 443 g/mol. The van der Waals surface area contributed by atoms with E-state index in [2.05, 4.69) is 4.74 Å². The molecule has 0 aliphatic heterocycles. The number of ether oxygens (including phenoxy) is 2. The number of Topliss-reactive ketones (excluding diaryl/α,β-unsaturated/α-hetero) is 2. The molecule has 0 saturated carbocycles. The maximum Gasteiger partial charge on any atom is 0.416 e. The second-order valence-electron chi connectivity index (χ2n) is 6.41. The molecule has 0 aromatic heterocycles. The quantitative estimate of drug-likeness (QED) is 0.307. The zero-order valence-corrected chi connectivity index (χ0v) is 16.8. The molecule has 160 valence electrons. The maximum atomic E-state index is 12.7. The zero-order chi connectivity index (χ0) is 22.5. The van der Waals surface area contributed by atoms with E-state index >= 15 is 0 Å². The fourth-order valence-corrected chi connectivity index (χ4v) is 2.74. The smallest absolute Gasteiger partial charge is 0.416 e. The zero-order valence-electron chi connectivity index (χ0n) is 16.1. The summed E-state index contributed by atoms with van der Waals surface area (Å²) in [6.45, 7) is 1.40. The minimum atomic E-state index is -4.53. The number of esters is 1. The van der Waals surface area contributed by atoms with Crippen molar-refractivity contribution in [2.75, 3.05) is 7.11 Å². The van der Waals surface area contributed by atoms with Crippen molar-refractivity contribution in [2.24, 2.45) is 5.92 Å². The number of benzene rings is 2. The fraction of sp³-hybridized carbons (Fsp3) is 0.286. The van der Waals surface area contributed by atoms with Crippen LogP contribution in [0.2, 0.25) is 5.02 Å². The number of carbonyl (C=O) groups is 3. The highest BCUT2D eigenvalue weighted by Crippen LogP contribution is 2.36. The molecule has 0 bridgehead atoms. The van der Waals surface area contributed by atoms with Crippen LogP contribution in [-0.4, -0.2) is 24.6 Å². The molecule has 0 amide bonds. The second-order valence-corrected chi connectivity index (χ2v) is 6.81. The topological polar surface area (TPSA) is 69.7 Å². The number of methoxy groups -OCH3 is 1. The first-order valence-electron chi connectivity index (χ1n) is 8.81. The average Bonchev–Trinajstić information content (AvgIpc) is 2.71.